The molecule has 24 heavy (non-hydrogen) atoms. The minimum absolute atomic E-state index is 0.197. The van der Waals surface area contributed by atoms with Gasteiger partial charge in [0.1, 0.15) is 5.75 Å². The van der Waals surface area contributed by atoms with Crippen molar-refractivity contribution in [1.29, 1.82) is 0 Å². The molecular formula is C18H13ClN4O. The lowest BCUT2D eigenvalue weighted by atomic mass is 10.0. The van der Waals surface area contributed by atoms with Crippen LogP contribution in [0.2, 0.25) is 5.28 Å². The van der Waals surface area contributed by atoms with E-state index in [2.05, 4.69) is 40.4 Å². The molecule has 0 aliphatic rings. The molecule has 0 bridgehead atoms. The second-order valence-corrected chi connectivity index (χ2v) is 5.72. The van der Waals surface area contributed by atoms with E-state index in [1.54, 1.807) is 12.1 Å². The zero-order chi connectivity index (χ0) is 16.5. The van der Waals surface area contributed by atoms with Crippen molar-refractivity contribution in [1.82, 2.24) is 19.8 Å². The molecule has 0 amide bonds. The number of halogens is 1. The van der Waals surface area contributed by atoms with Gasteiger partial charge in [-0.15, -0.1) is 15.3 Å². The second kappa shape index (κ2) is 5.94. The van der Waals surface area contributed by atoms with E-state index >= 15 is 0 Å². The maximum absolute atomic E-state index is 5.99. The van der Waals surface area contributed by atoms with Crippen LogP contribution in [0.3, 0.4) is 0 Å². The van der Waals surface area contributed by atoms with Gasteiger partial charge in [0, 0.05) is 11.6 Å². The molecule has 0 aliphatic carbocycles. The number of hydrogen-bond donors (Lipinski definition) is 0. The number of ether oxygens (including phenoxy) is 1. The fourth-order valence-electron chi connectivity index (χ4n) is 2.52. The molecule has 0 unspecified atom stereocenters. The van der Waals surface area contributed by atoms with Crippen LogP contribution in [0.1, 0.15) is 5.56 Å². The zero-order valence-electron chi connectivity index (χ0n) is 12.8. The molecule has 0 spiro atoms. The first-order valence-corrected chi connectivity index (χ1v) is 7.80. The van der Waals surface area contributed by atoms with Crippen LogP contribution in [0, 0.1) is 6.92 Å². The van der Waals surface area contributed by atoms with Gasteiger partial charge in [0.25, 0.3) is 0 Å². The summed E-state index contributed by atoms with van der Waals surface area (Å²) >= 11 is 5.96. The van der Waals surface area contributed by atoms with Crippen molar-refractivity contribution < 1.29 is 4.74 Å². The lowest BCUT2D eigenvalue weighted by molar-refractivity contribution is 0.454. The summed E-state index contributed by atoms with van der Waals surface area (Å²) < 4.78 is 7.43. The van der Waals surface area contributed by atoms with Crippen LogP contribution in [-0.2, 0) is 0 Å². The highest BCUT2D eigenvalue weighted by atomic mass is 35.5. The SMILES string of the molecule is Cc1cccc(-c2ccccc2Oc2ccc3nnc(Cl)n3n2)c1. The van der Waals surface area contributed by atoms with Crippen molar-refractivity contribution in [2.45, 2.75) is 6.92 Å². The molecule has 0 aliphatic heterocycles. The summed E-state index contributed by atoms with van der Waals surface area (Å²) in [5, 5.41) is 12.2. The van der Waals surface area contributed by atoms with E-state index in [-0.39, 0.29) is 5.28 Å². The molecule has 0 saturated carbocycles. The number of aryl methyl sites for hydroxylation is 1. The first-order chi connectivity index (χ1) is 11.7. The van der Waals surface area contributed by atoms with Crippen molar-refractivity contribution in [3.63, 3.8) is 0 Å². The Labute approximate surface area is 143 Å². The van der Waals surface area contributed by atoms with E-state index < -0.39 is 0 Å². The molecule has 4 rings (SSSR count). The molecule has 118 valence electrons. The lowest BCUT2D eigenvalue weighted by Crippen LogP contribution is -1.96. The molecule has 0 N–H and O–H groups in total. The molecular weight excluding hydrogens is 324 g/mol. The maximum Gasteiger partial charge on any atom is 0.246 e. The third-order valence-corrected chi connectivity index (χ3v) is 3.87. The number of rotatable bonds is 3. The van der Waals surface area contributed by atoms with Gasteiger partial charge in [-0.05, 0) is 36.2 Å². The second-order valence-electron chi connectivity index (χ2n) is 5.38. The Morgan fingerprint density at radius 2 is 1.83 bits per heavy atom. The summed E-state index contributed by atoms with van der Waals surface area (Å²) in [6.45, 7) is 2.07. The minimum atomic E-state index is 0.197. The Morgan fingerprint density at radius 3 is 2.71 bits per heavy atom. The molecule has 5 nitrogen and oxygen atoms in total. The summed E-state index contributed by atoms with van der Waals surface area (Å²) in [5.74, 6) is 1.14. The van der Waals surface area contributed by atoms with Gasteiger partial charge in [0.05, 0.1) is 0 Å². The standard InChI is InChI=1S/C18H13ClN4O/c1-12-5-4-6-13(11-12)14-7-2-3-8-15(14)24-17-10-9-16-20-21-18(19)23(16)22-17/h2-11H,1H3. The largest absolute Gasteiger partial charge is 0.437 e. The van der Waals surface area contributed by atoms with E-state index in [0.29, 0.717) is 11.5 Å². The Morgan fingerprint density at radius 1 is 0.958 bits per heavy atom. The van der Waals surface area contributed by atoms with Crippen LogP contribution in [0.4, 0.5) is 0 Å². The molecule has 2 aromatic heterocycles. The summed E-state index contributed by atoms with van der Waals surface area (Å²) in [7, 11) is 0. The van der Waals surface area contributed by atoms with E-state index in [4.69, 9.17) is 16.3 Å². The fourth-order valence-corrected chi connectivity index (χ4v) is 2.68. The van der Waals surface area contributed by atoms with E-state index in [1.807, 2.05) is 30.3 Å². The minimum Gasteiger partial charge on any atom is -0.437 e. The quantitative estimate of drug-likeness (QED) is 0.551. The summed E-state index contributed by atoms with van der Waals surface area (Å²) in [4.78, 5) is 0. The molecule has 0 fully saturated rings. The van der Waals surface area contributed by atoms with Crippen LogP contribution in [-0.4, -0.2) is 19.8 Å². The van der Waals surface area contributed by atoms with Gasteiger partial charge in [0.15, 0.2) is 5.65 Å². The van der Waals surface area contributed by atoms with Gasteiger partial charge in [-0.25, -0.2) is 0 Å². The van der Waals surface area contributed by atoms with Crippen molar-refractivity contribution in [2.75, 3.05) is 0 Å². The van der Waals surface area contributed by atoms with Crippen LogP contribution in [0.15, 0.2) is 60.7 Å². The van der Waals surface area contributed by atoms with Crippen molar-refractivity contribution in [3.05, 3.63) is 71.5 Å². The zero-order valence-corrected chi connectivity index (χ0v) is 13.6. The molecule has 0 saturated heterocycles. The smallest absolute Gasteiger partial charge is 0.246 e. The van der Waals surface area contributed by atoms with Crippen molar-refractivity contribution >= 4 is 17.2 Å². The number of aromatic nitrogens is 4. The topological polar surface area (TPSA) is 52.3 Å². The highest BCUT2D eigenvalue weighted by molar-refractivity contribution is 6.28. The lowest BCUT2D eigenvalue weighted by Gasteiger charge is -2.11. The van der Waals surface area contributed by atoms with E-state index in [0.717, 1.165) is 16.9 Å². The molecule has 0 radical (unpaired) electrons. The third kappa shape index (κ3) is 2.70. The van der Waals surface area contributed by atoms with Crippen LogP contribution in [0.5, 0.6) is 11.6 Å². The fraction of sp³-hybridized carbons (Fsp3) is 0.0556. The van der Waals surface area contributed by atoms with Gasteiger partial charge in [0.2, 0.25) is 11.2 Å². The first-order valence-electron chi connectivity index (χ1n) is 7.42. The van der Waals surface area contributed by atoms with Crippen molar-refractivity contribution in [3.8, 4) is 22.8 Å². The highest BCUT2D eigenvalue weighted by Crippen LogP contribution is 2.33. The monoisotopic (exact) mass is 336 g/mol. The normalized spacial score (nSPS) is 10.9. The van der Waals surface area contributed by atoms with Gasteiger partial charge < -0.3 is 4.74 Å². The summed E-state index contributed by atoms with van der Waals surface area (Å²) in [6, 6.07) is 19.6. The first kappa shape index (κ1) is 14.7. The van der Waals surface area contributed by atoms with Gasteiger partial charge in [-0.1, -0.05) is 48.0 Å². The molecule has 0 atom stereocenters. The predicted molar refractivity (Wildman–Crippen MR) is 92.5 cm³/mol. The Balaban J connectivity index is 1.75. The average molecular weight is 337 g/mol. The summed E-state index contributed by atoms with van der Waals surface area (Å²) in [6.07, 6.45) is 0. The Bertz CT molecular complexity index is 1030. The number of para-hydroxylation sites is 1. The van der Waals surface area contributed by atoms with Gasteiger partial charge >= 0.3 is 0 Å². The van der Waals surface area contributed by atoms with Gasteiger partial charge in [-0.2, -0.15) is 4.52 Å². The number of nitrogens with zero attached hydrogens (tertiary/aromatic N) is 4. The molecule has 2 heterocycles. The number of benzene rings is 2. The van der Waals surface area contributed by atoms with Crippen LogP contribution >= 0.6 is 11.6 Å². The Hall–Kier alpha value is -2.92. The third-order valence-electron chi connectivity index (χ3n) is 3.63. The highest BCUT2D eigenvalue weighted by Gasteiger charge is 2.10. The number of hydrogen-bond acceptors (Lipinski definition) is 4. The molecule has 2 aromatic carbocycles. The molecule has 6 heteroatoms. The summed E-state index contributed by atoms with van der Waals surface area (Å²) in [5.41, 5.74) is 3.85. The van der Waals surface area contributed by atoms with E-state index in [1.165, 1.54) is 10.1 Å². The van der Waals surface area contributed by atoms with E-state index in [9.17, 15) is 0 Å². The Kier molecular flexibility index (Phi) is 3.63. The van der Waals surface area contributed by atoms with Crippen LogP contribution < -0.4 is 4.74 Å². The number of fused-ring (bicyclic) bond motifs is 1. The maximum atomic E-state index is 5.99. The van der Waals surface area contributed by atoms with Crippen LogP contribution in [0.25, 0.3) is 16.8 Å². The predicted octanol–water partition coefficient (Wildman–Crippen LogP) is 4.55. The van der Waals surface area contributed by atoms with Crippen molar-refractivity contribution in [2.24, 2.45) is 0 Å². The molecule has 4 aromatic rings. The van der Waals surface area contributed by atoms with Gasteiger partial charge in [-0.3, -0.25) is 0 Å². The average Bonchev–Trinajstić information content (AvgIpc) is 2.96.